The summed E-state index contributed by atoms with van der Waals surface area (Å²) < 4.78 is 5.97. The lowest BCUT2D eigenvalue weighted by molar-refractivity contribution is -0.158. The average molecular weight is 278 g/mol. The van der Waals surface area contributed by atoms with Crippen LogP contribution in [0.2, 0.25) is 0 Å². The first kappa shape index (κ1) is 14.6. The van der Waals surface area contributed by atoms with Gasteiger partial charge >= 0.3 is 0 Å². The Kier molecular flexibility index (Phi) is 4.21. The van der Waals surface area contributed by atoms with Crippen LogP contribution in [0.15, 0.2) is 0 Å². The van der Waals surface area contributed by atoms with E-state index in [1.54, 1.807) is 0 Å². The van der Waals surface area contributed by atoms with Crippen molar-refractivity contribution < 1.29 is 9.53 Å². The Labute approximate surface area is 123 Å². The Morgan fingerprint density at radius 3 is 2.30 bits per heavy atom. The molecule has 0 aromatic heterocycles. The lowest BCUT2D eigenvalue weighted by Gasteiger charge is -2.47. The molecule has 0 radical (unpaired) electrons. The first-order valence-electron chi connectivity index (χ1n) is 8.77. The van der Waals surface area contributed by atoms with Crippen LogP contribution in [-0.4, -0.2) is 18.0 Å². The summed E-state index contributed by atoms with van der Waals surface area (Å²) in [6.07, 6.45) is 10.5. The van der Waals surface area contributed by atoms with Crippen molar-refractivity contribution in [1.29, 1.82) is 0 Å². The largest absolute Gasteiger partial charge is 0.375 e. The zero-order chi connectivity index (χ0) is 14.2. The zero-order valence-corrected chi connectivity index (χ0v) is 13.2. The van der Waals surface area contributed by atoms with Gasteiger partial charge in [-0.1, -0.05) is 13.8 Å². The number of rotatable bonds is 3. The molecule has 114 valence electrons. The predicted octanol–water partition coefficient (Wildman–Crippen LogP) is 4.37. The fourth-order valence-corrected chi connectivity index (χ4v) is 4.59. The molecular weight excluding hydrogens is 248 g/mol. The van der Waals surface area contributed by atoms with Crippen LogP contribution in [0.25, 0.3) is 0 Å². The molecule has 0 N–H and O–H groups in total. The van der Waals surface area contributed by atoms with Gasteiger partial charge in [0.15, 0.2) is 0 Å². The molecule has 3 aliphatic rings. The van der Waals surface area contributed by atoms with Crippen LogP contribution in [0, 0.1) is 23.7 Å². The number of carbonyl (C=O) groups excluding carboxylic acids is 1. The second-order valence-corrected chi connectivity index (χ2v) is 7.83. The second kappa shape index (κ2) is 5.79. The Balaban J connectivity index is 1.54. The molecule has 2 aliphatic carbocycles. The molecule has 2 heteroatoms. The van der Waals surface area contributed by atoms with E-state index in [9.17, 15) is 4.79 Å². The minimum atomic E-state index is 0.119. The number of Topliss-reactive ketones (excluding diaryl/α,β-unsaturated/α-hetero) is 1. The predicted molar refractivity (Wildman–Crippen MR) is 80.6 cm³/mol. The van der Waals surface area contributed by atoms with Crippen molar-refractivity contribution in [3.8, 4) is 0 Å². The van der Waals surface area contributed by atoms with Crippen LogP contribution in [-0.2, 0) is 9.53 Å². The van der Waals surface area contributed by atoms with Gasteiger partial charge in [0.1, 0.15) is 5.78 Å². The second-order valence-electron chi connectivity index (χ2n) is 7.83. The van der Waals surface area contributed by atoms with Crippen LogP contribution in [0.1, 0.15) is 71.6 Å². The quantitative estimate of drug-likeness (QED) is 0.766. The van der Waals surface area contributed by atoms with Gasteiger partial charge in [0.05, 0.1) is 5.60 Å². The zero-order valence-electron chi connectivity index (χ0n) is 13.2. The molecule has 0 aromatic rings. The van der Waals surface area contributed by atoms with Gasteiger partial charge in [-0.05, 0) is 69.6 Å². The summed E-state index contributed by atoms with van der Waals surface area (Å²) >= 11 is 0. The Hall–Kier alpha value is -0.370. The summed E-state index contributed by atoms with van der Waals surface area (Å²) in [5.74, 6) is 2.90. The van der Waals surface area contributed by atoms with E-state index in [2.05, 4.69) is 13.8 Å². The number of ketones is 1. The summed E-state index contributed by atoms with van der Waals surface area (Å²) in [5.41, 5.74) is 0.119. The topological polar surface area (TPSA) is 26.3 Å². The fourth-order valence-electron chi connectivity index (χ4n) is 4.59. The SMILES string of the molecule is CC(C)C1CCC(C(=O)C2CCOC3(CCC3)C2)CC1. The highest BCUT2D eigenvalue weighted by atomic mass is 16.5. The van der Waals surface area contributed by atoms with E-state index in [-0.39, 0.29) is 5.60 Å². The highest BCUT2D eigenvalue weighted by Crippen LogP contribution is 2.46. The van der Waals surface area contributed by atoms with Gasteiger partial charge < -0.3 is 4.74 Å². The maximum Gasteiger partial charge on any atom is 0.139 e. The third-order valence-electron chi connectivity index (χ3n) is 6.28. The Morgan fingerprint density at radius 1 is 1.05 bits per heavy atom. The molecule has 2 saturated carbocycles. The van der Waals surface area contributed by atoms with E-state index in [0.29, 0.717) is 17.6 Å². The van der Waals surface area contributed by atoms with E-state index in [4.69, 9.17) is 4.74 Å². The van der Waals surface area contributed by atoms with Gasteiger partial charge in [-0.2, -0.15) is 0 Å². The Morgan fingerprint density at radius 2 is 1.75 bits per heavy atom. The van der Waals surface area contributed by atoms with Crippen molar-refractivity contribution in [3.05, 3.63) is 0 Å². The molecule has 3 fully saturated rings. The molecule has 0 bridgehead atoms. The smallest absolute Gasteiger partial charge is 0.139 e. The van der Waals surface area contributed by atoms with Crippen molar-refractivity contribution in [2.24, 2.45) is 23.7 Å². The molecule has 3 rings (SSSR count). The number of ether oxygens (including phenoxy) is 1. The highest BCUT2D eigenvalue weighted by Gasteiger charge is 2.45. The highest BCUT2D eigenvalue weighted by molar-refractivity contribution is 5.83. The summed E-state index contributed by atoms with van der Waals surface area (Å²) in [7, 11) is 0. The molecule has 0 aromatic carbocycles. The summed E-state index contributed by atoms with van der Waals surface area (Å²) in [5, 5.41) is 0. The molecule has 1 saturated heterocycles. The lowest BCUT2D eigenvalue weighted by Crippen LogP contribution is -2.48. The van der Waals surface area contributed by atoms with Gasteiger partial charge in [-0.25, -0.2) is 0 Å². The minimum absolute atomic E-state index is 0.119. The van der Waals surface area contributed by atoms with Crippen LogP contribution in [0.4, 0.5) is 0 Å². The first-order valence-corrected chi connectivity index (χ1v) is 8.77. The summed E-state index contributed by atoms with van der Waals surface area (Å²) in [6, 6.07) is 0. The molecule has 1 atom stereocenters. The molecule has 0 amide bonds. The van der Waals surface area contributed by atoms with Crippen molar-refractivity contribution in [2.45, 2.75) is 77.2 Å². The minimum Gasteiger partial charge on any atom is -0.375 e. The van der Waals surface area contributed by atoms with E-state index >= 15 is 0 Å². The van der Waals surface area contributed by atoms with Gasteiger partial charge in [0.2, 0.25) is 0 Å². The van der Waals surface area contributed by atoms with Crippen LogP contribution in [0.5, 0.6) is 0 Å². The summed E-state index contributed by atoms with van der Waals surface area (Å²) in [4.78, 5) is 12.8. The van der Waals surface area contributed by atoms with Crippen molar-refractivity contribution in [3.63, 3.8) is 0 Å². The van der Waals surface area contributed by atoms with Gasteiger partial charge in [0, 0.05) is 18.4 Å². The average Bonchev–Trinajstić information content (AvgIpc) is 2.45. The molecule has 1 aliphatic heterocycles. The van der Waals surface area contributed by atoms with Crippen molar-refractivity contribution in [2.75, 3.05) is 6.61 Å². The van der Waals surface area contributed by atoms with Crippen LogP contribution < -0.4 is 0 Å². The first-order chi connectivity index (χ1) is 9.60. The fraction of sp³-hybridized carbons (Fsp3) is 0.944. The standard InChI is InChI=1S/C18H30O2/c1-13(2)14-4-6-15(7-5-14)17(19)16-8-11-20-18(12-16)9-3-10-18/h13-16H,3-12H2,1-2H3. The van der Waals surface area contributed by atoms with E-state index in [1.807, 2.05) is 0 Å². The van der Waals surface area contributed by atoms with E-state index < -0.39 is 0 Å². The number of hydrogen-bond donors (Lipinski definition) is 0. The third kappa shape index (κ3) is 2.81. The molecule has 20 heavy (non-hydrogen) atoms. The number of hydrogen-bond acceptors (Lipinski definition) is 2. The normalized spacial score (nSPS) is 36.9. The number of carbonyl (C=O) groups is 1. The molecule has 1 spiro atoms. The Bertz CT molecular complexity index is 348. The van der Waals surface area contributed by atoms with Crippen molar-refractivity contribution in [1.82, 2.24) is 0 Å². The molecule has 2 nitrogen and oxygen atoms in total. The van der Waals surface area contributed by atoms with E-state index in [0.717, 1.165) is 44.1 Å². The molecule has 1 unspecified atom stereocenters. The van der Waals surface area contributed by atoms with Crippen LogP contribution in [0.3, 0.4) is 0 Å². The maximum atomic E-state index is 12.8. The van der Waals surface area contributed by atoms with Gasteiger partial charge in [-0.3, -0.25) is 4.79 Å². The monoisotopic (exact) mass is 278 g/mol. The maximum absolute atomic E-state index is 12.8. The molecule has 1 heterocycles. The summed E-state index contributed by atoms with van der Waals surface area (Å²) in [6.45, 7) is 5.47. The van der Waals surface area contributed by atoms with Crippen molar-refractivity contribution >= 4 is 5.78 Å². The van der Waals surface area contributed by atoms with Gasteiger partial charge in [0.25, 0.3) is 0 Å². The van der Waals surface area contributed by atoms with E-state index in [1.165, 1.54) is 32.1 Å². The van der Waals surface area contributed by atoms with Gasteiger partial charge in [-0.15, -0.1) is 0 Å². The third-order valence-corrected chi connectivity index (χ3v) is 6.28. The lowest BCUT2D eigenvalue weighted by atomic mass is 9.67. The molecular formula is C18H30O2. The van der Waals surface area contributed by atoms with Crippen LogP contribution >= 0.6 is 0 Å².